The van der Waals surface area contributed by atoms with Gasteiger partial charge in [-0.25, -0.2) is 0 Å². The Morgan fingerprint density at radius 1 is 0.806 bits per heavy atom. The van der Waals surface area contributed by atoms with Crippen LogP contribution < -0.4 is 0 Å². The van der Waals surface area contributed by atoms with Gasteiger partial charge in [-0.3, -0.25) is 14.8 Å². The summed E-state index contributed by atoms with van der Waals surface area (Å²) < 4.78 is 1.99. The summed E-state index contributed by atoms with van der Waals surface area (Å²) in [7, 11) is 0. The molecule has 0 atom stereocenters. The quantitative estimate of drug-likeness (QED) is 0.185. The second-order valence-corrected chi connectivity index (χ2v) is 8.43. The molecule has 0 saturated carbocycles. The molecule has 2 aromatic carbocycles. The molecule has 0 saturated heterocycles. The van der Waals surface area contributed by atoms with Crippen LogP contribution in [0.1, 0.15) is 57.9 Å². The standard InChI is InChI=1S/C15H16BrNO.C9H6BrN.2CH4/c1-2-3-4-9-14(18)15-12-8-6-5-7-11(12)13(16)10-17-15;10-9-6-11-5-7-3-1-2-4-8(7)9;;/h5-8,10H,2-4,9H2,1H3;1-6H;2*1H4. The average molecular weight is 546 g/mol. The first kappa shape index (κ1) is 26.9. The van der Waals surface area contributed by atoms with E-state index in [1.165, 1.54) is 10.8 Å². The highest BCUT2D eigenvalue weighted by Gasteiger charge is 2.12. The SMILES string of the molecule is Brc1cncc2ccccc12.C.C.CCCCCC(=O)c1ncc(Br)c2ccccc12. The van der Waals surface area contributed by atoms with Crippen LogP contribution in [0.3, 0.4) is 0 Å². The van der Waals surface area contributed by atoms with Gasteiger partial charge in [0, 0.05) is 44.7 Å². The number of benzene rings is 2. The molecular weight excluding hydrogens is 516 g/mol. The number of carbonyl (C=O) groups is 1. The third kappa shape index (κ3) is 6.94. The Balaban J connectivity index is 0.000000320. The molecule has 4 rings (SSSR count). The van der Waals surface area contributed by atoms with Gasteiger partial charge in [0.05, 0.1) is 0 Å². The first-order chi connectivity index (χ1) is 14.1. The van der Waals surface area contributed by atoms with E-state index in [0.717, 1.165) is 39.0 Å². The van der Waals surface area contributed by atoms with Crippen molar-refractivity contribution in [1.29, 1.82) is 0 Å². The number of Topliss-reactive ketones (excluding diaryl/α,β-unsaturated/α-hetero) is 1. The van der Waals surface area contributed by atoms with Crippen LogP contribution in [0.4, 0.5) is 0 Å². The van der Waals surface area contributed by atoms with Crippen LogP contribution in [0.25, 0.3) is 21.5 Å². The van der Waals surface area contributed by atoms with Crippen LogP contribution in [0.2, 0.25) is 0 Å². The number of unbranched alkanes of at least 4 members (excludes halogenated alkanes) is 2. The largest absolute Gasteiger partial charge is 0.292 e. The highest BCUT2D eigenvalue weighted by molar-refractivity contribution is 9.11. The van der Waals surface area contributed by atoms with Crippen molar-refractivity contribution in [3.05, 3.63) is 81.8 Å². The summed E-state index contributed by atoms with van der Waals surface area (Å²) in [5.41, 5.74) is 0.602. The van der Waals surface area contributed by atoms with E-state index in [0.29, 0.717) is 12.1 Å². The molecule has 0 radical (unpaired) electrons. The lowest BCUT2D eigenvalue weighted by Crippen LogP contribution is -2.03. The van der Waals surface area contributed by atoms with E-state index >= 15 is 0 Å². The van der Waals surface area contributed by atoms with E-state index in [1.54, 1.807) is 6.20 Å². The van der Waals surface area contributed by atoms with Crippen molar-refractivity contribution < 1.29 is 4.79 Å². The molecule has 0 aliphatic carbocycles. The molecule has 2 aromatic heterocycles. The monoisotopic (exact) mass is 544 g/mol. The minimum atomic E-state index is 0. The van der Waals surface area contributed by atoms with Gasteiger partial charge in [-0.1, -0.05) is 83.1 Å². The van der Waals surface area contributed by atoms with E-state index in [-0.39, 0.29) is 20.6 Å². The molecule has 0 bridgehead atoms. The highest BCUT2D eigenvalue weighted by atomic mass is 79.9. The summed E-state index contributed by atoms with van der Waals surface area (Å²) in [6.07, 6.45) is 9.15. The van der Waals surface area contributed by atoms with Crippen LogP contribution in [0.5, 0.6) is 0 Å². The summed E-state index contributed by atoms with van der Waals surface area (Å²) >= 11 is 6.90. The first-order valence-electron chi connectivity index (χ1n) is 9.66. The number of nitrogens with zero attached hydrogens (tertiary/aromatic N) is 2. The van der Waals surface area contributed by atoms with Gasteiger partial charge >= 0.3 is 0 Å². The predicted molar refractivity (Wildman–Crippen MR) is 141 cm³/mol. The van der Waals surface area contributed by atoms with Gasteiger partial charge in [-0.15, -0.1) is 0 Å². The second kappa shape index (κ2) is 13.3. The second-order valence-electron chi connectivity index (χ2n) is 6.72. The predicted octanol–water partition coefficient (Wildman–Crippen LogP) is 9.03. The number of fused-ring (bicyclic) bond motifs is 2. The van der Waals surface area contributed by atoms with Crippen molar-refractivity contribution in [3.63, 3.8) is 0 Å². The third-order valence-corrected chi connectivity index (χ3v) is 5.90. The number of ketones is 1. The zero-order valence-corrected chi connectivity index (χ0v) is 19.4. The number of hydrogen-bond donors (Lipinski definition) is 0. The molecule has 0 amide bonds. The minimum absolute atomic E-state index is 0. The number of carbonyl (C=O) groups excluding carboxylic acids is 1. The molecule has 5 heteroatoms. The van der Waals surface area contributed by atoms with Gasteiger partial charge in [0.2, 0.25) is 0 Å². The lowest BCUT2D eigenvalue weighted by molar-refractivity contribution is 0.0976. The van der Waals surface area contributed by atoms with Gasteiger partial charge in [0.1, 0.15) is 5.69 Å². The van der Waals surface area contributed by atoms with Gasteiger partial charge in [-0.2, -0.15) is 0 Å². The lowest BCUT2D eigenvalue weighted by atomic mass is 10.0. The lowest BCUT2D eigenvalue weighted by Gasteiger charge is -2.06. The Kier molecular flexibility index (Phi) is 11.6. The normalized spacial score (nSPS) is 9.90. The molecule has 31 heavy (non-hydrogen) atoms. The van der Waals surface area contributed by atoms with E-state index < -0.39 is 0 Å². The van der Waals surface area contributed by atoms with Gasteiger partial charge < -0.3 is 0 Å². The molecule has 0 spiro atoms. The van der Waals surface area contributed by atoms with Crippen LogP contribution in [-0.4, -0.2) is 15.8 Å². The number of hydrogen-bond acceptors (Lipinski definition) is 3. The maximum atomic E-state index is 12.2. The maximum Gasteiger partial charge on any atom is 0.181 e. The van der Waals surface area contributed by atoms with Crippen molar-refractivity contribution in [2.24, 2.45) is 0 Å². The Bertz CT molecular complexity index is 1120. The van der Waals surface area contributed by atoms with Crippen molar-refractivity contribution in [3.8, 4) is 0 Å². The van der Waals surface area contributed by atoms with Crippen molar-refractivity contribution in [2.45, 2.75) is 47.5 Å². The first-order valence-corrected chi connectivity index (χ1v) is 11.2. The Hall–Kier alpha value is -2.11. The number of aromatic nitrogens is 2. The van der Waals surface area contributed by atoms with Crippen LogP contribution >= 0.6 is 31.9 Å². The third-order valence-electron chi connectivity index (χ3n) is 4.64. The molecule has 2 heterocycles. The summed E-state index contributed by atoms with van der Waals surface area (Å²) in [6, 6.07) is 16.0. The summed E-state index contributed by atoms with van der Waals surface area (Å²) in [5, 5.41) is 4.36. The number of rotatable bonds is 5. The number of pyridine rings is 2. The fourth-order valence-electron chi connectivity index (χ4n) is 3.11. The Morgan fingerprint density at radius 3 is 2.10 bits per heavy atom. The zero-order valence-electron chi connectivity index (χ0n) is 16.2. The van der Waals surface area contributed by atoms with E-state index in [2.05, 4.69) is 54.8 Å². The molecular formula is C26H30Br2N2O. The molecule has 0 aliphatic rings. The van der Waals surface area contributed by atoms with Crippen molar-refractivity contribution in [2.75, 3.05) is 0 Å². The van der Waals surface area contributed by atoms with Gasteiger partial charge in [0.25, 0.3) is 0 Å². The van der Waals surface area contributed by atoms with Crippen LogP contribution in [0.15, 0.2) is 76.1 Å². The Labute approximate surface area is 202 Å². The summed E-state index contributed by atoms with van der Waals surface area (Å²) in [6.45, 7) is 2.14. The smallest absolute Gasteiger partial charge is 0.181 e. The van der Waals surface area contributed by atoms with Gasteiger partial charge in [-0.05, 0) is 49.1 Å². The van der Waals surface area contributed by atoms with Crippen LogP contribution in [-0.2, 0) is 0 Å². The van der Waals surface area contributed by atoms with E-state index in [9.17, 15) is 4.79 Å². The summed E-state index contributed by atoms with van der Waals surface area (Å²) in [4.78, 5) is 20.5. The molecule has 3 nitrogen and oxygen atoms in total. The molecule has 0 aliphatic heterocycles. The van der Waals surface area contributed by atoms with Crippen molar-refractivity contribution >= 4 is 59.2 Å². The molecule has 0 N–H and O–H groups in total. The van der Waals surface area contributed by atoms with Gasteiger partial charge in [0.15, 0.2) is 5.78 Å². The minimum Gasteiger partial charge on any atom is -0.292 e. The summed E-state index contributed by atoms with van der Waals surface area (Å²) in [5.74, 6) is 0.146. The molecule has 0 fully saturated rings. The van der Waals surface area contributed by atoms with E-state index in [4.69, 9.17) is 0 Å². The van der Waals surface area contributed by atoms with Crippen molar-refractivity contribution in [1.82, 2.24) is 9.97 Å². The fourth-order valence-corrected chi connectivity index (χ4v) is 4.04. The highest BCUT2D eigenvalue weighted by Crippen LogP contribution is 2.26. The Morgan fingerprint density at radius 2 is 1.42 bits per heavy atom. The average Bonchev–Trinajstić information content (AvgIpc) is 2.75. The zero-order chi connectivity index (χ0) is 20.6. The van der Waals surface area contributed by atoms with E-state index in [1.807, 2.05) is 54.9 Å². The fraction of sp³-hybridized carbons (Fsp3) is 0.269. The maximum absolute atomic E-state index is 12.2. The van der Waals surface area contributed by atoms with Crippen LogP contribution in [0, 0.1) is 0 Å². The molecule has 4 aromatic rings. The number of halogens is 2. The topological polar surface area (TPSA) is 42.9 Å². The molecule has 0 unspecified atom stereocenters. The molecule has 164 valence electrons.